The Morgan fingerprint density at radius 3 is 2.57 bits per heavy atom. The van der Waals surface area contributed by atoms with Crippen LogP contribution in [0, 0.1) is 15.5 Å². The number of nitro groups is 1. The Bertz CT molecular complexity index is 678. The van der Waals surface area contributed by atoms with E-state index in [4.69, 9.17) is 0 Å². The quantitative estimate of drug-likeness (QED) is 0.554. The molecule has 1 fully saturated rings. The zero-order chi connectivity index (χ0) is 16.4. The van der Waals surface area contributed by atoms with E-state index in [0.29, 0.717) is 4.47 Å². The van der Waals surface area contributed by atoms with Crippen molar-refractivity contribution in [3.8, 4) is 0 Å². The summed E-state index contributed by atoms with van der Waals surface area (Å²) in [6.07, 6.45) is 1.72. The minimum Gasteiger partial charge on any atom is -0.317 e. The van der Waals surface area contributed by atoms with Crippen molar-refractivity contribution < 1.29 is 13.3 Å². The highest BCUT2D eigenvalue weighted by atomic mass is 79.9. The van der Waals surface area contributed by atoms with Crippen molar-refractivity contribution in [2.24, 2.45) is 5.41 Å². The topological polar surface area (TPSA) is 101 Å². The van der Waals surface area contributed by atoms with Crippen LogP contribution in [0.1, 0.15) is 19.8 Å². The molecule has 0 saturated carbocycles. The molecule has 0 bridgehead atoms. The summed E-state index contributed by atoms with van der Waals surface area (Å²) in [6.45, 7) is 3.98. The molecule has 23 heavy (non-hydrogen) atoms. The molecule has 0 spiro atoms. The normalized spacial score (nSPS) is 17.3. The first-order valence-electron chi connectivity index (χ1n) is 6.88. The first-order valence-corrected chi connectivity index (χ1v) is 9.15. The van der Waals surface area contributed by atoms with E-state index in [1.54, 1.807) is 0 Å². The minimum atomic E-state index is -3.92. The highest BCUT2D eigenvalue weighted by Crippen LogP contribution is 2.30. The second-order valence-corrected chi connectivity index (χ2v) is 8.41. The predicted octanol–water partition coefficient (Wildman–Crippen LogP) is 2.45. The molecule has 0 amide bonds. The monoisotopic (exact) mass is 427 g/mol. The number of nitrogens with one attached hydrogen (secondary N) is 2. The predicted molar refractivity (Wildman–Crippen MR) is 93.4 cm³/mol. The van der Waals surface area contributed by atoms with Gasteiger partial charge in [0, 0.05) is 17.1 Å². The second-order valence-electron chi connectivity index (χ2n) is 5.75. The number of benzene rings is 1. The van der Waals surface area contributed by atoms with Crippen molar-refractivity contribution in [2.45, 2.75) is 24.7 Å². The number of hydrogen-bond donors (Lipinski definition) is 2. The third-order valence-electron chi connectivity index (χ3n) is 3.91. The molecule has 1 aromatic rings. The van der Waals surface area contributed by atoms with Crippen molar-refractivity contribution in [1.82, 2.24) is 10.0 Å². The molecule has 0 atom stereocenters. The van der Waals surface area contributed by atoms with Gasteiger partial charge in [0.15, 0.2) is 4.90 Å². The molecular weight excluding hydrogens is 410 g/mol. The van der Waals surface area contributed by atoms with Gasteiger partial charge in [-0.1, -0.05) is 22.9 Å². The van der Waals surface area contributed by atoms with E-state index in [1.165, 1.54) is 18.2 Å². The molecule has 2 N–H and O–H groups in total. The van der Waals surface area contributed by atoms with Crippen LogP contribution in [-0.2, 0) is 10.0 Å². The summed E-state index contributed by atoms with van der Waals surface area (Å²) in [7, 11) is -3.92. The maximum atomic E-state index is 12.4. The number of sulfonamides is 1. The summed E-state index contributed by atoms with van der Waals surface area (Å²) >= 11 is 3.11. The van der Waals surface area contributed by atoms with E-state index in [2.05, 4.69) is 26.0 Å². The molecule has 1 aliphatic rings. The lowest BCUT2D eigenvalue weighted by atomic mass is 9.81. The summed E-state index contributed by atoms with van der Waals surface area (Å²) < 4.78 is 27.8. The average Bonchev–Trinajstić information content (AvgIpc) is 2.46. The number of nitrogens with zero attached hydrogens (tertiary/aromatic N) is 1. The van der Waals surface area contributed by atoms with Gasteiger partial charge in [-0.25, -0.2) is 13.1 Å². The fourth-order valence-electron chi connectivity index (χ4n) is 2.41. The Hall–Kier alpha value is -0.740. The molecule has 0 radical (unpaired) electrons. The number of nitro benzene ring substituents is 1. The van der Waals surface area contributed by atoms with Gasteiger partial charge in [-0.15, -0.1) is 12.4 Å². The van der Waals surface area contributed by atoms with Gasteiger partial charge >= 0.3 is 0 Å². The maximum absolute atomic E-state index is 12.4. The van der Waals surface area contributed by atoms with Gasteiger partial charge in [0.05, 0.1) is 4.92 Å². The van der Waals surface area contributed by atoms with Gasteiger partial charge in [-0.2, -0.15) is 0 Å². The third-order valence-corrected chi connectivity index (χ3v) is 5.85. The third kappa shape index (κ3) is 5.12. The Morgan fingerprint density at radius 1 is 1.39 bits per heavy atom. The van der Waals surface area contributed by atoms with Crippen LogP contribution in [0.4, 0.5) is 5.69 Å². The lowest BCUT2D eigenvalue weighted by Gasteiger charge is -2.34. The Kier molecular flexibility index (Phi) is 6.96. The number of rotatable bonds is 5. The van der Waals surface area contributed by atoms with E-state index in [1.807, 2.05) is 6.92 Å². The van der Waals surface area contributed by atoms with Gasteiger partial charge < -0.3 is 5.32 Å². The van der Waals surface area contributed by atoms with E-state index in [9.17, 15) is 18.5 Å². The molecule has 1 aromatic carbocycles. The summed E-state index contributed by atoms with van der Waals surface area (Å²) in [5.41, 5.74) is -0.569. The van der Waals surface area contributed by atoms with E-state index in [-0.39, 0.29) is 29.3 Å². The summed E-state index contributed by atoms with van der Waals surface area (Å²) in [5, 5.41) is 14.3. The van der Waals surface area contributed by atoms with Crippen LogP contribution in [0.15, 0.2) is 27.6 Å². The fourth-order valence-corrected chi connectivity index (χ4v) is 4.11. The molecule has 1 saturated heterocycles. The first kappa shape index (κ1) is 20.3. The van der Waals surface area contributed by atoms with Crippen molar-refractivity contribution in [3.05, 3.63) is 32.8 Å². The zero-order valence-electron chi connectivity index (χ0n) is 12.5. The Morgan fingerprint density at radius 2 is 2.00 bits per heavy atom. The molecule has 1 heterocycles. The standard InChI is InChI=1S/C13H18BrN3O4S.ClH/c1-13(4-6-15-7-5-13)9-16-22(20,21)12-3-2-10(14)8-11(12)17(18)19;/h2-3,8,15-16H,4-7,9H2,1H3;1H. The van der Waals surface area contributed by atoms with E-state index in [0.717, 1.165) is 25.9 Å². The number of piperidine rings is 1. The minimum absolute atomic E-state index is 0. The Labute approximate surface area is 150 Å². The molecular formula is C13H19BrClN3O4S. The van der Waals surface area contributed by atoms with E-state index < -0.39 is 20.6 Å². The molecule has 2 rings (SSSR count). The summed E-state index contributed by atoms with van der Waals surface area (Å²) in [4.78, 5) is 10.1. The maximum Gasteiger partial charge on any atom is 0.290 e. The first-order chi connectivity index (χ1) is 10.2. The molecule has 0 aliphatic carbocycles. The van der Waals surface area contributed by atoms with Crippen LogP contribution in [0.25, 0.3) is 0 Å². The number of hydrogen-bond acceptors (Lipinski definition) is 5. The van der Waals surface area contributed by atoms with Crippen molar-refractivity contribution in [2.75, 3.05) is 19.6 Å². The van der Waals surface area contributed by atoms with Crippen molar-refractivity contribution in [1.29, 1.82) is 0 Å². The van der Waals surface area contributed by atoms with Crippen LogP contribution in [0.5, 0.6) is 0 Å². The fraction of sp³-hybridized carbons (Fsp3) is 0.538. The van der Waals surface area contributed by atoms with Crippen LogP contribution < -0.4 is 10.0 Å². The average molecular weight is 429 g/mol. The smallest absolute Gasteiger partial charge is 0.290 e. The highest BCUT2D eigenvalue weighted by molar-refractivity contribution is 9.10. The molecule has 0 unspecified atom stereocenters. The van der Waals surface area contributed by atoms with Gasteiger partial charge in [0.25, 0.3) is 5.69 Å². The van der Waals surface area contributed by atoms with Gasteiger partial charge in [0.1, 0.15) is 0 Å². The van der Waals surface area contributed by atoms with Gasteiger partial charge in [-0.3, -0.25) is 10.1 Å². The van der Waals surface area contributed by atoms with Gasteiger partial charge in [-0.05, 0) is 43.5 Å². The largest absolute Gasteiger partial charge is 0.317 e. The number of halogens is 2. The zero-order valence-corrected chi connectivity index (χ0v) is 15.8. The molecule has 7 nitrogen and oxygen atoms in total. The molecule has 130 valence electrons. The molecule has 1 aliphatic heterocycles. The van der Waals surface area contributed by atoms with E-state index >= 15 is 0 Å². The summed E-state index contributed by atoms with van der Waals surface area (Å²) in [6, 6.07) is 3.92. The van der Waals surface area contributed by atoms with Crippen LogP contribution >= 0.6 is 28.3 Å². The van der Waals surface area contributed by atoms with Crippen LogP contribution in [0.2, 0.25) is 0 Å². The second kappa shape index (κ2) is 7.89. The molecule has 10 heteroatoms. The Balaban J connectivity index is 0.00000264. The summed E-state index contributed by atoms with van der Waals surface area (Å²) in [5.74, 6) is 0. The SMILES string of the molecule is CC1(CNS(=O)(=O)c2ccc(Br)cc2[N+](=O)[O-])CCNCC1.Cl. The van der Waals surface area contributed by atoms with Crippen LogP contribution in [0.3, 0.4) is 0 Å². The van der Waals surface area contributed by atoms with Crippen molar-refractivity contribution >= 4 is 44.0 Å². The lowest BCUT2D eigenvalue weighted by Crippen LogP contribution is -2.42. The lowest BCUT2D eigenvalue weighted by molar-refractivity contribution is -0.387. The van der Waals surface area contributed by atoms with Crippen LogP contribution in [-0.4, -0.2) is 33.0 Å². The highest BCUT2D eigenvalue weighted by Gasteiger charge is 2.31. The van der Waals surface area contributed by atoms with Crippen molar-refractivity contribution in [3.63, 3.8) is 0 Å². The van der Waals surface area contributed by atoms with Gasteiger partial charge in [0.2, 0.25) is 10.0 Å². The molecule has 0 aromatic heterocycles.